The number of fused-ring (bicyclic) bond motifs is 1. The first-order valence-corrected chi connectivity index (χ1v) is 6.53. The second kappa shape index (κ2) is 4.72. The summed E-state index contributed by atoms with van der Waals surface area (Å²) in [6, 6.07) is 10.5. The first kappa shape index (κ1) is 12.8. The number of rotatable bonds is 2. The Morgan fingerprint density at radius 2 is 2.05 bits per heavy atom. The topological polar surface area (TPSA) is 55.6 Å². The molecule has 1 aliphatic rings. The highest BCUT2D eigenvalue weighted by Crippen LogP contribution is 2.33. The van der Waals surface area contributed by atoms with Crippen molar-refractivity contribution in [3.63, 3.8) is 0 Å². The summed E-state index contributed by atoms with van der Waals surface area (Å²) < 4.78 is 5.71. The molecular formula is C15H13ClN2O2. The molecule has 5 heteroatoms. The van der Waals surface area contributed by atoms with Crippen LogP contribution in [0.25, 0.3) is 0 Å². The van der Waals surface area contributed by atoms with Gasteiger partial charge in [-0.1, -0.05) is 17.7 Å². The smallest absolute Gasteiger partial charge is 0.254 e. The third-order valence-corrected chi connectivity index (χ3v) is 3.55. The van der Waals surface area contributed by atoms with Gasteiger partial charge in [-0.25, -0.2) is 0 Å². The molecular weight excluding hydrogens is 276 g/mol. The number of carbonyl (C=O) groups excluding carboxylic acids is 1. The maximum absolute atomic E-state index is 11.9. The fourth-order valence-corrected chi connectivity index (χ4v) is 2.44. The van der Waals surface area contributed by atoms with Crippen molar-refractivity contribution in [3.05, 3.63) is 52.5 Å². The maximum Gasteiger partial charge on any atom is 0.254 e. The fourth-order valence-electron chi connectivity index (χ4n) is 2.22. The number of halogens is 1. The molecule has 0 unspecified atom stereocenters. The Labute approximate surface area is 121 Å². The highest BCUT2D eigenvalue weighted by Gasteiger charge is 2.24. The van der Waals surface area contributed by atoms with Gasteiger partial charge in [-0.15, -0.1) is 0 Å². The monoisotopic (exact) mass is 288 g/mol. The number of hydrogen-bond acceptors (Lipinski definition) is 3. The van der Waals surface area contributed by atoms with E-state index in [1.54, 1.807) is 36.2 Å². The molecule has 0 aliphatic carbocycles. The number of nitrogens with zero attached hydrogens (tertiary/aromatic N) is 1. The number of nitrogen functional groups attached to an aromatic ring is 1. The lowest BCUT2D eigenvalue weighted by atomic mass is 10.1. The molecule has 3 rings (SSSR count). The van der Waals surface area contributed by atoms with Gasteiger partial charge in [0.1, 0.15) is 11.5 Å². The summed E-state index contributed by atoms with van der Waals surface area (Å²) in [5.41, 5.74) is 7.90. The second-order valence-corrected chi connectivity index (χ2v) is 5.18. The minimum Gasteiger partial charge on any atom is -0.456 e. The number of anilines is 1. The van der Waals surface area contributed by atoms with Crippen molar-refractivity contribution in [2.45, 2.75) is 6.54 Å². The van der Waals surface area contributed by atoms with Crippen LogP contribution in [-0.4, -0.2) is 17.9 Å². The molecule has 102 valence electrons. The van der Waals surface area contributed by atoms with Gasteiger partial charge in [-0.3, -0.25) is 4.79 Å². The van der Waals surface area contributed by atoms with Crippen molar-refractivity contribution in [1.29, 1.82) is 0 Å². The van der Waals surface area contributed by atoms with Crippen LogP contribution < -0.4 is 10.5 Å². The number of carbonyl (C=O) groups is 1. The molecule has 0 saturated heterocycles. The number of nitrogens with two attached hydrogens (primary N) is 1. The van der Waals surface area contributed by atoms with E-state index in [2.05, 4.69) is 0 Å². The van der Waals surface area contributed by atoms with Gasteiger partial charge in [0.15, 0.2) is 0 Å². The number of benzene rings is 2. The number of hydrogen-bond donors (Lipinski definition) is 1. The predicted molar refractivity (Wildman–Crippen MR) is 78.2 cm³/mol. The van der Waals surface area contributed by atoms with Crippen LogP contribution in [-0.2, 0) is 6.54 Å². The lowest BCUT2D eigenvalue weighted by molar-refractivity contribution is 0.0816. The van der Waals surface area contributed by atoms with Crippen LogP contribution >= 0.6 is 11.6 Å². The SMILES string of the molecule is CN1Cc2ccc(Oc3ccc(N)cc3Cl)cc2C1=O. The van der Waals surface area contributed by atoms with E-state index in [0.29, 0.717) is 34.3 Å². The Balaban J connectivity index is 1.91. The fraction of sp³-hybridized carbons (Fsp3) is 0.133. The normalized spacial score (nSPS) is 13.5. The van der Waals surface area contributed by atoms with Gasteiger partial charge < -0.3 is 15.4 Å². The quantitative estimate of drug-likeness (QED) is 0.863. The van der Waals surface area contributed by atoms with Crippen molar-refractivity contribution in [3.8, 4) is 11.5 Å². The highest BCUT2D eigenvalue weighted by molar-refractivity contribution is 6.32. The summed E-state index contributed by atoms with van der Waals surface area (Å²) in [6.07, 6.45) is 0. The van der Waals surface area contributed by atoms with Gasteiger partial charge >= 0.3 is 0 Å². The largest absolute Gasteiger partial charge is 0.456 e. The molecule has 20 heavy (non-hydrogen) atoms. The number of amides is 1. The molecule has 0 radical (unpaired) electrons. The molecule has 0 spiro atoms. The molecule has 0 aromatic heterocycles. The van der Waals surface area contributed by atoms with Crippen molar-refractivity contribution in [2.24, 2.45) is 0 Å². The Morgan fingerprint density at radius 3 is 2.80 bits per heavy atom. The Bertz CT molecular complexity index is 700. The molecule has 1 aliphatic heterocycles. The van der Waals surface area contributed by atoms with Crippen LogP contribution in [0.1, 0.15) is 15.9 Å². The van der Waals surface area contributed by atoms with Crippen molar-refractivity contribution < 1.29 is 9.53 Å². The zero-order valence-electron chi connectivity index (χ0n) is 10.9. The number of ether oxygens (including phenoxy) is 1. The van der Waals surface area contributed by atoms with Crippen LogP contribution in [0.2, 0.25) is 5.02 Å². The molecule has 0 saturated carbocycles. The standard InChI is InChI=1S/C15H13ClN2O2/c1-18-8-9-2-4-11(7-12(9)15(18)19)20-14-5-3-10(17)6-13(14)16/h2-7H,8,17H2,1H3. The van der Waals surface area contributed by atoms with E-state index >= 15 is 0 Å². The minimum absolute atomic E-state index is 0.00820. The van der Waals surface area contributed by atoms with E-state index in [1.807, 2.05) is 12.1 Å². The van der Waals surface area contributed by atoms with Crippen LogP contribution in [0.5, 0.6) is 11.5 Å². The average Bonchev–Trinajstić information content (AvgIpc) is 2.69. The van der Waals surface area contributed by atoms with Crippen LogP contribution in [0, 0.1) is 0 Å². The van der Waals surface area contributed by atoms with E-state index in [1.165, 1.54) is 0 Å². The Morgan fingerprint density at radius 1 is 1.25 bits per heavy atom. The summed E-state index contributed by atoms with van der Waals surface area (Å²) in [5.74, 6) is 1.10. The summed E-state index contributed by atoms with van der Waals surface area (Å²) in [5, 5.41) is 0.439. The molecule has 1 amide bonds. The first-order valence-electron chi connectivity index (χ1n) is 6.16. The highest BCUT2D eigenvalue weighted by atomic mass is 35.5. The van der Waals surface area contributed by atoms with Gasteiger partial charge in [0.05, 0.1) is 5.02 Å². The van der Waals surface area contributed by atoms with E-state index in [4.69, 9.17) is 22.1 Å². The molecule has 4 nitrogen and oxygen atoms in total. The van der Waals surface area contributed by atoms with Gasteiger partial charge in [0.25, 0.3) is 5.91 Å². The van der Waals surface area contributed by atoms with Gasteiger partial charge in [0.2, 0.25) is 0 Å². The zero-order valence-corrected chi connectivity index (χ0v) is 11.6. The molecule has 2 aromatic carbocycles. The van der Waals surface area contributed by atoms with Crippen molar-refractivity contribution >= 4 is 23.2 Å². The third kappa shape index (κ3) is 2.18. The van der Waals surface area contributed by atoms with Crippen molar-refractivity contribution in [1.82, 2.24) is 4.90 Å². The van der Waals surface area contributed by atoms with E-state index in [0.717, 1.165) is 5.56 Å². The molecule has 0 atom stereocenters. The summed E-state index contributed by atoms with van der Waals surface area (Å²) in [6.45, 7) is 0.636. The van der Waals surface area contributed by atoms with E-state index < -0.39 is 0 Å². The molecule has 2 aromatic rings. The Hall–Kier alpha value is -2.20. The first-order chi connectivity index (χ1) is 9.54. The van der Waals surface area contributed by atoms with Gasteiger partial charge in [-0.05, 0) is 35.9 Å². The van der Waals surface area contributed by atoms with Gasteiger partial charge in [-0.2, -0.15) is 0 Å². The molecule has 2 N–H and O–H groups in total. The van der Waals surface area contributed by atoms with Gasteiger partial charge in [0, 0.05) is 24.8 Å². The molecule has 0 fully saturated rings. The predicted octanol–water partition coefficient (Wildman–Crippen LogP) is 3.30. The van der Waals surface area contributed by atoms with Crippen molar-refractivity contribution in [2.75, 3.05) is 12.8 Å². The van der Waals surface area contributed by atoms with E-state index in [9.17, 15) is 4.79 Å². The van der Waals surface area contributed by atoms with Crippen LogP contribution in [0.15, 0.2) is 36.4 Å². The lowest BCUT2D eigenvalue weighted by Gasteiger charge is -2.09. The second-order valence-electron chi connectivity index (χ2n) is 4.77. The summed E-state index contributed by atoms with van der Waals surface area (Å²) in [4.78, 5) is 13.6. The van der Waals surface area contributed by atoms with Crippen LogP contribution in [0.3, 0.4) is 0 Å². The van der Waals surface area contributed by atoms with E-state index in [-0.39, 0.29) is 5.91 Å². The summed E-state index contributed by atoms with van der Waals surface area (Å²) >= 11 is 6.07. The molecule has 0 bridgehead atoms. The lowest BCUT2D eigenvalue weighted by Crippen LogP contribution is -2.17. The van der Waals surface area contributed by atoms with Crippen LogP contribution in [0.4, 0.5) is 5.69 Å². The summed E-state index contributed by atoms with van der Waals surface area (Å²) in [7, 11) is 1.78. The molecule has 1 heterocycles. The Kier molecular flexibility index (Phi) is 3.03. The minimum atomic E-state index is 0.00820. The maximum atomic E-state index is 11.9. The zero-order chi connectivity index (χ0) is 14.3. The third-order valence-electron chi connectivity index (χ3n) is 3.25. The average molecular weight is 289 g/mol.